The van der Waals surface area contributed by atoms with Crippen LogP contribution in [0.4, 0.5) is 5.69 Å². The maximum Gasteiger partial charge on any atom is 0.290 e. The van der Waals surface area contributed by atoms with Gasteiger partial charge in [0, 0.05) is 17.1 Å². The third-order valence-electron chi connectivity index (χ3n) is 5.68. The number of hydrogen-bond donors (Lipinski definition) is 1. The molecule has 0 radical (unpaired) electrons. The average Bonchev–Trinajstić information content (AvgIpc) is 2.73. The van der Waals surface area contributed by atoms with Crippen molar-refractivity contribution in [1.29, 1.82) is 0 Å². The molecular weight excluding hydrogens is 380 g/mol. The number of halogens is 1. The summed E-state index contributed by atoms with van der Waals surface area (Å²) < 4.78 is 6.46. The topological polar surface area (TPSA) is 33.6 Å². The standard InChI is InChI=1S/C25H33ClN2O/c1-4-6-7-8-9-13-16-20-21(26)17-18-22-23(20)25(3,19-14-11-10-12-15-19)29-24(28-22)27-5-2/h10-12,14-15,17-18H,4-9,13,16H2,1-3H3,(H,27,28). The Hall–Kier alpha value is -2.00. The van der Waals surface area contributed by atoms with Crippen LogP contribution in [0.25, 0.3) is 0 Å². The van der Waals surface area contributed by atoms with Crippen LogP contribution in [-0.2, 0) is 16.8 Å². The highest BCUT2D eigenvalue weighted by molar-refractivity contribution is 6.31. The van der Waals surface area contributed by atoms with Gasteiger partial charge in [-0.2, -0.15) is 0 Å². The molecule has 4 heteroatoms. The number of nitrogens with one attached hydrogen (secondary N) is 1. The van der Waals surface area contributed by atoms with Crippen LogP contribution in [0.3, 0.4) is 0 Å². The molecule has 156 valence electrons. The summed E-state index contributed by atoms with van der Waals surface area (Å²) in [7, 11) is 0. The molecule has 0 saturated heterocycles. The molecule has 1 aliphatic rings. The molecule has 0 saturated carbocycles. The van der Waals surface area contributed by atoms with Crippen LogP contribution in [0.5, 0.6) is 0 Å². The minimum absolute atomic E-state index is 0.569. The highest BCUT2D eigenvalue weighted by Crippen LogP contribution is 2.45. The van der Waals surface area contributed by atoms with Crippen LogP contribution < -0.4 is 5.32 Å². The van der Waals surface area contributed by atoms with Crippen molar-refractivity contribution in [2.75, 3.05) is 11.9 Å². The first kappa shape index (κ1) is 21.7. The molecule has 0 amide bonds. The number of aliphatic imine (C=N–C) groups is 1. The molecule has 0 fully saturated rings. The van der Waals surface area contributed by atoms with Crippen molar-refractivity contribution in [1.82, 2.24) is 0 Å². The second-order valence-electron chi connectivity index (χ2n) is 7.87. The molecular formula is C25H33ClN2O. The predicted molar refractivity (Wildman–Crippen MR) is 124 cm³/mol. The maximum atomic E-state index is 6.72. The van der Waals surface area contributed by atoms with E-state index in [0.717, 1.165) is 34.7 Å². The van der Waals surface area contributed by atoms with Crippen molar-refractivity contribution >= 4 is 23.3 Å². The summed E-state index contributed by atoms with van der Waals surface area (Å²) >= 11 is 6.72. The van der Waals surface area contributed by atoms with E-state index in [1.807, 2.05) is 19.1 Å². The number of anilines is 1. The number of ether oxygens (including phenoxy) is 1. The highest BCUT2D eigenvalue weighted by atomic mass is 35.5. The first-order valence-electron chi connectivity index (χ1n) is 11.0. The van der Waals surface area contributed by atoms with Gasteiger partial charge in [-0.1, -0.05) is 81.0 Å². The molecule has 1 heterocycles. The van der Waals surface area contributed by atoms with Crippen molar-refractivity contribution in [3.63, 3.8) is 0 Å². The molecule has 1 N–H and O–H groups in total. The summed E-state index contributed by atoms with van der Waals surface area (Å²) in [6.45, 7) is 7.07. The monoisotopic (exact) mass is 412 g/mol. The van der Waals surface area contributed by atoms with Gasteiger partial charge >= 0.3 is 0 Å². The molecule has 2 aromatic carbocycles. The molecule has 1 aliphatic heterocycles. The summed E-state index contributed by atoms with van der Waals surface area (Å²) in [5, 5.41) is 4.20. The van der Waals surface area contributed by atoms with Crippen LogP contribution in [0.1, 0.15) is 76.0 Å². The van der Waals surface area contributed by atoms with Crippen LogP contribution in [0, 0.1) is 0 Å². The van der Waals surface area contributed by atoms with E-state index in [1.54, 1.807) is 0 Å². The lowest BCUT2D eigenvalue weighted by Crippen LogP contribution is -2.40. The third kappa shape index (κ3) is 4.95. The smallest absolute Gasteiger partial charge is 0.290 e. The van der Waals surface area contributed by atoms with Gasteiger partial charge < -0.3 is 10.1 Å². The van der Waals surface area contributed by atoms with Crippen molar-refractivity contribution in [3.05, 3.63) is 64.2 Å². The fourth-order valence-corrected chi connectivity index (χ4v) is 4.41. The highest BCUT2D eigenvalue weighted by Gasteiger charge is 2.40. The van der Waals surface area contributed by atoms with E-state index in [0.29, 0.717) is 12.6 Å². The van der Waals surface area contributed by atoms with E-state index in [9.17, 15) is 0 Å². The van der Waals surface area contributed by atoms with Gasteiger partial charge in [-0.3, -0.25) is 0 Å². The van der Waals surface area contributed by atoms with Gasteiger partial charge in [-0.05, 0) is 49.9 Å². The zero-order valence-electron chi connectivity index (χ0n) is 17.9. The molecule has 1 atom stereocenters. The lowest BCUT2D eigenvalue weighted by atomic mass is 9.81. The van der Waals surface area contributed by atoms with Gasteiger partial charge in [0.25, 0.3) is 6.02 Å². The Morgan fingerprint density at radius 2 is 1.69 bits per heavy atom. The van der Waals surface area contributed by atoms with Gasteiger partial charge in [0.15, 0.2) is 5.60 Å². The van der Waals surface area contributed by atoms with Crippen LogP contribution in [0.2, 0.25) is 5.02 Å². The molecule has 0 spiro atoms. The molecule has 2 aromatic rings. The normalized spacial score (nSPS) is 19.5. The quantitative estimate of drug-likeness (QED) is 0.437. The van der Waals surface area contributed by atoms with Gasteiger partial charge in [0.1, 0.15) is 0 Å². The number of amidine groups is 1. The zero-order valence-corrected chi connectivity index (χ0v) is 18.7. The summed E-state index contributed by atoms with van der Waals surface area (Å²) in [5.41, 5.74) is 3.85. The number of rotatable bonds is 9. The zero-order chi connectivity index (χ0) is 20.7. The SMILES string of the molecule is CCCCCCCCc1c(Cl)ccc2c1C(C)(c1ccccc1)OC(=NCC)N2. The Bertz CT molecular complexity index is 834. The molecule has 29 heavy (non-hydrogen) atoms. The third-order valence-corrected chi connectivity index (χ3v) is 6.04. The van der Waals surface area contributed by atoms with Gasteiger partial charge in [-0.25, -0.2) is 4.99 Å². The summed E-state index contributed by atoms with van der Waals surface area (Å²) in [5.74, 6) is 0. The Balaban J connectivity index is 1.96. The fourth-order valence-electron chi connectivity index (χ4n) is 4.16. The largest absolute Gasteiger partial charge is 0.449 e. The number of unbranched alkanes of at least 4 members (excludes halogenated alkanes) is 5. The number of nitrogens with zero attached hydrogens (tertiary/aromatic N) is 1. The van der Waals surface area contributed by atoms with E-state index in [4.69, 9.17) is 16.3 Å². The first-order chi connectivity index (χ1) is 14.1. The van der Waals surface area contributed by atoms with Gasteiger partial charge in [0.2, 0.25) is 0 Å². The lowest BCUT2D eigenvalue weighted by molar-refractivity contribution is 0.111. The lowest BCUT2D eigenvalue weighted by Gasteiger charge is -2.39. The van der Waals surface area contributed by atoms with E-state index < -0.39 is 5.60 Å². The van der Waals surface area contributed by atoms with E-state index in [1.165, 1.54) is 37.7 Å². The van der Waals surface area contributed by atoms with Crippen molar-refractivity contribution < 1.29 is 4.74 Å². The van der Waals surface area contributed by atoms with Gasteiger partial charge in [-0.15, -0.1) is 0 Å². The van der Waals surface area contributed by atoms with E-state index >= 15 is 0 Å². The summed E-state index contributed by atoms with van der Waals surface area (Å²) in [4.78, 5) is 4.51. The van der Waals surface area contributed by atoms with Crippen molar-refractivity contribution in [2.45, 2.75) is 71.3 Å². The van der Waals surface area contributed by atoms with E-state index in [-0.39, 0.29) is 0 Å². The van der Waals surface area contributed by atoms with Crippen molar-refractivity contribution in [2.24, 2.45) is 4.99 Å². The second kappa shape index (κ2) is 10.2. The molecule has 3 nitrogen and oxygen atoms in total. The van der Waals surface area contributed by atoms with Crippen LogP contribution in [0.15, 0.2) is 47.5 Å². The maximum absolute atomic E-state index is 6.72. The van der Waals surface area contributed by atoms with Crippen molar-refractivity contribution in [3.8, 4) is 0 Å². The molecule has 0 bridgehead atoms. The second-order valence-corrected chi connectivity index (χ2v) is 8.28. The minimum atomic E-state index is -0.627. The van der Waals surface area contributed by atoms with Gasteiger partial charge in [0.05, 0.1) is 5.69 Å². The Morgan fingerprint density at radius 3 is 2.41 bits per heavy atom. The van der Waals surface area contributed by atoms with E-state index in [2.05, 4.69) is 54.5 Å². The molecule has 0 aliphatic carbocycles. The molecule has 3 rings (SSSR count). The van der Waals surface area contributed by atoms with Crippen LogP contribution in [-0.4, -0.2) is 12.6 Å². The predicted octanol–water partition coefficient (Wildman–Crippen LogP) is 7.32. The fraction of sp³-hybridized carbons (Fsp3) is 0.480. The number of benzene rings is 2. The summed E-state index contributed by atoms with van der Waals surface area (Å²) in [6.07, 6.45) is 8.54. The number of hydrogen-bond acceptors (Lipinski definition) is 2. The molecule has 1 unspecified atom stereocenters. The number of fused-ring (bicyclic) bond motifs is 1. The average molecular weight is 413 g/mol. The first-order valence-corrected chi connectivity index (χ1v) is 11.4. The minimum Gasteiger partial charge on any atom is -0.449 e. The Kier molecular flexibility index (Phi) is 7.60. The summed E-state index contributed by atoms with van der Waals surface area (Å²) in [6, 6.07) is 15.0. The van der Waals surface area contributed by atoms with Crippen LogP contribution >= 0.6 is 11.6 Å². The molecule has 0 aromatic heterocycles. The Morgan fingerprint density at radius 1 is 0.966 bits per heavy atom. The Labute approximate surface area is 180 Å².